The van der Waals surface area contributed by atoms with E-state index in [9.17, 15) is 14.7 Å². The summed E-state index contributed by atoms with van der Waals surface area (Å²) in [5.74, 6) is 0.412. The molecule has 9 nitrogen and oxygen atoms in total. The van der Waals surface area contributed by atoms with Crippen molar-refractivity contribution in [3.8, 4) is 23.0 Å². The number of ketones is 1. The van der Waals surface area contributed by atoms with Gasteiger partial charge in [-0.05, 0) is 73.0 Å². The third kappa shape index (κ3) is 6.21. The number of hydrogen-bond donors (Lipinski definition) is 1. The van der Waals surface area contributed by atoms with Gasteiger partial charge in [-0.2, -0.15) is 0 Å². The summed E-state index contributed by atoms with van der Waals surface area (Å²) in [6, 6.07) is 16.5. The number of thiazole rings is 1. The Balaban J connectivity index is 1.62. The fourth-order valence-corrected chi connectivity index (χ4v) is 6.08. The SMILES string of the molecule is CCCCCOc1ccc(C2C(=C(O)c3ccc(OCCC)cc3)C(=O)C(=O)N2c2nc3ccc(OC)cc3s2)cc1OC. The van der Waals surface area contributed by atoms with Crippen LogP contribution in [0, 0.1) is 0 Å². The minimum Gasteiger partial charge on any atom is -0.507 e. The van der Waals surface area contributed by atoms with E-state index in [0.717, 1.165) is 30.4 Å². The number of rotatable bonds is 13. The van der Waals surface area contributed by atoms with Crippen molar-refractivity contribution >= 4 is 44.1 Å². The van der Waals surface area contributed by atoms with Crippen molar-refractivity contribution in [2.24, 2.45) is 0 Å². The van der Waals surface area contributed by atoms with Gasteiger partial charge in [-0.1, -0.05) is 44.1 Å². The first kappa shape index (κ1) is 30.9. The number of hydrogen-bond acceptors (Lipinski definition) is 9. The summed E-state index contributed by atoms with van der Waals surface area (Å²) in [5.41, 5.74) is 1.55. The van der Waals surface area contributed by atoms with Crippen molar-refractivity contribution < 1.29 is 33.6 Å². The van der Waals surface area contributed by atoms with E-state index < -0.39 is 17.7 Å². The van der Waals surface area contributed by atoms with Crippen LogP contribution in [0.2, 0.25) is 0 Å². The zero-order valence-electron chi connectivity index (χ0n) is 25.3. The zero-order chi connectivity index (χ0) is 31.2. The molecule has 0 radical (unpaired) electrons. The van der Waals surface area contributed by atoms with Gasteiger partial charge in [0.2, 0.25) is 0 Å². The standard InChI is InChI=1S/C34H36N2O7S/c1-5-7-8-18-43-26-16-11-22(19-27(26)41-4)30-29(31(37)21-9-12-23(13-10-21)42-17-6-2)32(38)33(39)36(30)34-35-25-15-14-24(40-3)20-28(25)44-34/h9-16,19-20,30,37H,5-8,17-18H2,1-4H3. The summed E-state index contributed by atoms with van der Waals surface area (Å²) in [6.45, 7) is 5.24. The van der Waals surface area contributed by atoms with Gasteiger partial charge in [0, 0.05) is 5.56 Å². The quantitative estimate of drug-likeness (QED) is 0.0722. The molecule has 0 spiro atoms. The summed E-state index contributed by atoms with van der Waals surface area (Å²) in [5, 5.41) is 11.9. The highest BCUT2D eigenvalue weighted by atomic mass is 32.1. The van der Waals surface area contributed by atoms with Crippen molar-refractivity contribution in [3.05, 3.63) is 77.4 Å². The maximum Gasteiger partial charge on any atom is 0.301 e. The third-order valence-electron chi connectivity index (χ3n) is 7.34. The van der Waals surface area contributed by atoms with E-state index in [1.165, 1.54) is 23.3 Å². The number of nitrogens with zero attached hydrogens (tertiary/aromatic N) is 2. The minimum absolute atomic E-state index is 0.0484. The van der Waals surface area contributed by atoms with Crippen LogP contribution in [0.4, 0.5) is 5.13 Å². The number of methoxy groups -OCH3 is 2. The molecule has 3 aromatic carbocycles. The van der Waals surface area contributed by atoms with Crippen molar-refractivity contribution in [2.45, 2.75) is 45.6 Å². The molecule has 1 aliphatic rings. The largest absolute Gasteiger partial charge is 0.507 e. The van der Waals surface area contributed by atoms with Gasteiger partial charge in [-0.25, -0.2) is 4.98 Å². The van der Waals surface area contributed by atoms with Crippen molar-refractivity contribution in [1.82, 2.24) is 4.98 Å². The summed E-state index contributed by atoms with van der Waals surface area (Å²) in [7, 11) is 3.12. The molecule has 1 fully saturated rings. The van der Waals surface area contributed by atoms with E-state index in [1.807, 2.05) is 13.0 Å². The smallest absolute Gasteiger partial charge is 0.301 e. The zero-order valence-corrected chi connectivity index (χ0v) is 26.1. The van der Waals surface area contributed by atoms with Crippen molar-refractivity contribution in [3.63, 3.8) is 0 Å². The molecule has 1 amide bonds. The van der Waals surface area contributed by atoms with E-state index >= 15 is 0 Å². The highest BCUT2D eigenvalue weighted by molar-refractivity contribution is 7.22. The Morgan fingerprint density at radius 1 is 0.864 bits per heavy atom. The maximum absolute atomic E-state index is 13.7. The number of ether oxygens (including phenoxy) is 4. The number of carbonyl (C=O) groups excluding carboxylic acids is 2. The molecule has 44 heavy (non-hydrogen) atoms. The number of amides is 1. The molecule has 4 aromatic rings. The first-order chi connectivity index (χ1) is 21.4. The van der Waals surface area contributed by atoms with Crippen LogP contribution in [-0.2, 0) is 9.59 Å². The molecule has 0 saturated carbocycles. The third-order valence-corrected chi connectivity index (χ3v) is 8.36. The highest BCUT2D eigenvalue weighted by Gasteiger charge is 2.48. The van der Waals surface area contributed by atoms with Crippen LogP contribution in [0.5, 0.6) is 23.0 Å². The van der Waals surface area contributed by atoms with E-state index in [-0.39, 0.29) is 11.3 Å². The molecule has 1 aromatic heterocycles. The van der Waals surface area contributed by atoms with E-state index in [4.69, 9.17) is 23.9 Å². The summed E-state index contributed by atoms with van der Waals surface area (Å²) in [4.78, 5) is 33.5. The topological polar surface area (TPSA) is 107 Å². The molecule has 0 bridgehead atoms. The van der Waals surface area contributed by atoms with Crippen molar-refractivity contribution in [2.75, 3.05) is 32.3 Å². The monoisotopic (exact) mass is 616 g/mol. The molecular weight excluding hydrogens is 580 g/mol. The molecular formula is C34H36N2O7S. The Labute approximate surface area is 260 Å². The number of aliphatic hydroxyl groups is 1. The Morgan fingerprint density at radius 3 is 2.34 bits per heavy atom. The predicted molar refractivity (Wildman–Crippen MR) is 171 cm³/mol. The summed E-state index contributed by atoms with van der Waals surface area (Å²) in [6.07, 6.45) is 3.89. The lowest BCUT2D eigenvalue weighted by molar-refractivity contribution is -0.132. The van der Waals surface area contributed by atoms with Crippen LogP contribution in [0.25, 0.3) is 16.0 Å². The average molecular weight is 617 g/mol. The maximum atomic E-state index is 13.7. The molecule has 1 atom stereocenters. The highest BCUT2D eigenvalue weighted by Crippen LogP contribution is 2.46. The van der Waals surface area contributed by atoms with Gasteiger partial charge in [-0.3, -0.25) is 14.5 Å². The fourth-order valence-electron chi connectivity index (χ4n) is 5.06. The number of fused-ring (bicyclic) bond motifs is 1. The predicted octanol–water partition coefficient (Wildman–Crippen LogP) is 7.30. The number of anilines is 1. The van der Waals surface area contributed by atoms with Crippen LogP contribution in [0.1, 0.15) is 56.7 Å². The normalized spacial score (nSPS) is 16.0. The summed E-state index contributed by atoms with van der Waals surface area (Å²) < 4.78 is 23.5. The van der Waals surface area contributed by atoms with E-state index in [1.54, 1.807) is 61.7 Å². The molecule has 1 aliphatic heterocycles. The molecule has 5 rings (SSSR count). The second-order valence-electron chi connectivity index (χ2n) is 10.3. The number of unbranched alkanes of at least 4 members (excludes halogenated alkanes) is 2. The minimum atomic E-state index is -0.975. The lowest BCUT2D eigenvalue weighted by Crippen LogP contribution is -2.29. The first-order valence-electron chi connectivity index (χ1n) is 14.7. The Morgan fingerprint density at radius 2 is 1.64 bits per heavy atom. The Hall–Kier alpha value is -4.57. The van der Waals surface area contributed by atoms with Crippen LogP contribution in [0.15, 0.2) is 66.2 Å². The Kier molecular flexibility index (Phi) is 9.69. The molecule has 2 heterocycles. The van der Waals surface area contributed by atoms with Crippen molar-refractivity contribution in [1.29, 1.82) is 0 Å². The first-order valence-corrected chi connectivity index (χ1v) is 15.5. The average Bonchev–Trinajstić information content (AvgIpc) is 3.59. The molecule has 1 saturated heterocycles. The van der Waals surface area contributed by atoms with Gasteiger partial charge in [0.25, 0.3) is 5.78 Å². The number of Topliss-reactive ketones (excluding diaryl/α,β-unsaturated/α-hetero) is 1. The fraction of sp³-hybridized carbons (Fsp3) is 0.324. The van der Waals surface area contributed by atoms with Crippen LogP contribution < -0.4 is 23.8 Å². The van der Waals surface area contributed by atoms with Gasteiger partial charge < -0.3 is 24.1 Å². The van der Waals surface area contributed by atoms with Crippen LogP contribution in [0.3, 0.4) is 0 Å². The van der Waals surface area contributed by atoms with Gasteiger partial charge in [0.05, 0.1) is 49.3 Å². The van der Waals surface area contributed by atoms with E-state index in [2.05, 4.69) is 6.92 Å². The summed E-state index contributed by atoms with van der Waals surface area (Å²) >= 11 is 1.26. The molecule has 1 unspecified atom stereocenters. The van der Waals surface area contributed by atoms with Gasteiger partial charge in [0.15, 0.2) is 16.6 Å². The van der Waals surface area contributed by atoms with Gasteiger partial charge >= 0.3 is 5.91 Å². The number of aliphatic hydroxyl groups excluding tert-OH is 1. The number of carbonyl (C=O) groups is 2. The molecule has 230 valence electrons. The van der Waals surface area contributed by atoms with E-state index in [0.29, 0.717) is 58.0 Å². The van der Waals surface area contributed by atoms with Gasteiger partial charge in [-0.15, -0.1) is 0 Å². The Bertz CT molecular complexity index is 1680. The number of aromatic nitrogens is 1. The van der Waals surface area contributed by atoms with Crippen LogP contribution in [-0.4, -0.2) is 49.2 Å². The second-order valence-corrected chi connectivity index (χ2v) is 11.3. The van der Waals surface area contributed by atoms with Crippen LogP contribution >= 0.6 is 11.3 Å². The van der Waals surface area contributed by atoms with Gasteiger partial charge in [0.1, 0.15) is 17.3 Å². The number of benzene rings is 3. The lowest BCUT2D eigenvalue weighted by atomic mass is 9.95. The second kappa shape index (κ2) is 13.8. The molecule has 0 aliphatic carbocycles. The lowest BCUT2D eigenvalue weighted by Gasteiger charge is -2.24. The molecule has 10 heteroatoms. The molecule has 1 N–H and O–H groups in total.